The van der Waals surface area contributed by atoms with E-state index in [1.165, 1.54) is 5.56 Å². The Morgan fingerprint density at radius 1 is 1.34 bits per heavy atom. The Bertz CT molecular complexity index is 1170. The molecule has 2 aliphatic heterocycles. The Hall–Kier alpha value is -2.81. The number of aromatic nitrogens is 3. The van der Waals surface area contributed by atoms with Crippen LogP contribution in [0, 0.1) is 6.92 Å². The first-order chi connectivity index (χ1) is 15.3. The van der Waals surface area contributed by atoms with Gasteiger partial charge in [0.15, 0.2) is 5.65 Å². The van der Waals surface area contributed by atoms with E-state index >= 15 is 0 Å². The molecule has 1 atom stereocenters. The highest BCUT2D eigenvalue weighted by Crippen LogP contribution is 2.34. The number of carbonyl (C=O) groups excluding carboxylic acids is 1. The molecule has 1 amide bonds. The Balaban J connectivity index is 1.59. The molecule has 1 saturated heterocycles. The molecule has 5 rings (SSSR count). The van der Waals surface area contributed by atoms with Crippen molar-refractivity contribution in [3.63, 3.8) is 0 Å². The van der Waals surface area contributed by atoms with Crippen molar-refractivity contribution in [2.24, 2.45) is 0 Å². The van der Waals surface area contributed by atoms with Gasteiger partial charge >= 0.3 is 0 Å². The van der Waals surface area contributed by atoms with Crippen molar-refractivity contribution >= 4 is 17.1 Å². The number of hydrogen-bond donors (Lipinski definition) is 3. The minimum atomic E-state index is -1.39. The minimum absolute atomic E-state index is 0.0420. The van der Waals surface area contributed by atoms with Crippen molar-refractivity contribution in [1.82, 2.24) is 25.2 Å². The zero-order valence-electron chi connectivity index (χ0n) is 18.7. The summed E-state index contributed by atoms with van der Waals surface area (Å²) < 4.78 is 5.75. The predicted molar refractivity (Wildman–Crippen MR) is 121 cm³/mol. The van der Waals surface area contributed by atoms with E-state index in [0.717, 1.165) is 52.1 Å². The van der Waals surface area contributed by atoms with Crippen molar-refractivity contribution < 1.29 is 14.6 Å². The van der Waals surface area contributed by atoms with Gasteiger partial charge in [-0.05, 0) is 61.6 Å². The van der Waals surface area contributed by atoms with Gasteiger partial charge in [0.2, 0.25) is 0 Å². The topological polar surface area (TPSA) is 103 Å². The van der Waals surface area contributed by atoms with E-state index in [1.807, 2.05) is 19.3 Å². The van der Waals surface area contributed by atoms with Crippen LogP contribution < -0.4 is 5.32 Å². The smallest absolute Gasteiger partial charge is 0.254 e. The van der Waals surface area contributed by atoms with Gasteiger partial charge in [-0.25, -0.2) is 9.97 Å². The highest BCUT2D eigenvalue weighted by atomic mass is 16.5. The Labute approximate surface area is 187 Å². The van der Waals surface area contributed by atoms with Gasteiger partial charge in [-0.15, -0.1) is 0 Å². The fraction of sp³-hybridized carbons (Fsp3) is 0.458. The van der Waals surface area contributed by atoms with E-state index in [9.17, 15) is 9.90 Å². The number of amides is 1. The van der Waals surface area contributed by atoms with E-state index < -0.39 is 5.60 Å². The standard InChI is InChI=1S/C24H29N5O3/c1-14-10-26-22-21(14)28-19(11-27-22)16-8-15-4-6-29(23(30)24(2,3)31)12-18(15)17(9-16)20-13-32-7-5-25-20/h8-11,20,25,31H,4-7,12-13H2,1-3H3,(H,26,27)/t20-/m0/s1. The molecule has 0 bridgehead atoms. The number of ether oxygens (including phenoxy) is 1. The summed E-state index contributed by atoms with van der Waals surface area (Å²) in [7, 11) is 0. The second-order valence-electron chi connectivity index (χ2n) is 9.24. The first kappa shape index (κ1) is 21.1. The number of carbonyl (C=O) groups is 1. The largest absolute Gasteiger partial charge is 0.381 e. The van der Waals surface area contributed by atoms with Crippen LogP contribution in [0.1, 0.15) is 42.1 Å². The zero-order chi connectivity index (χ0) is 22.5. The van der Waals surface area contributed by atoms with E-state index in [0.29, 0.717) is 26.3 Å². The van der Waals surface area contributed by atoms with Crippen LogP contribution in [0.5, 0.6) is 0 Å². The zero-order valence-corrected chi connectivity index (χ0v) is 18.7. The van der Waals surface area contributed by atoms with Crippen LogP contribution >= 0.6 is 0 Å². The van der Waals surface area contributed by atoms with Crippen molar-refractivity contribution in [2.45, 2.75) is 45.4 Å². The number of morpholine rings is 1. The third-order valence-electron chi connectivity index (χ3n) is 6.35. The first-order valence-corrected chi connectivity index (χ1v) is 11.1. The normalized spacial score (nSPS) is 19.2. The molecule has 1 aromatic carbocycles. The van der Waals surface area contributed by atoms with Crippen LogP contribution in [0.3, 0.4) is 0 Å². The number of rotatable bonds is 3. The molecule has 1 fully saturated rings. The van der Waals surface area contributed by atoms with Crippen LogP contribution in [0.15, 0.2) is 24.5 Å². The number of nitrogens with zero attached hydrogens (tertiary/aromatic N) is 3. The molecule has 3 aromatic rings. The van der Waals surface area contributed by atoms with E-state index in [4.69, 9.17) is 9.72 Å². The summed E-state index contributed by atoms with van der Waals surface area (Å²) in [6.07, 6.45) is 4.45. The van der Waals surface area contributed by atoms with Gasteiger partial charge in [0.1, 0.15) is 11.1 Å². The summed E-state index contributed by atoms with van der Waals surface area (Å²) in [6.45, 7) is 8.22. The average Bonchev–Trinajstić information content (AvgIpc) is 3.17. The van der Waals surface area contributed by atoms with Gasteiger partial charge < -0.3 is 25.0 Å². The number of nitrogens with one attached hydrogen (secondary N) is 2. The molecule has 4 heterocycles. The summed E-state index contributed by atoms with van der Waals surface area (Å²) in [5.74, 6) is -0.245. The van der Waals surface area contributed by atoms with Crippen molar-refractivity contribution in [3.8, 4) is 11.3 Å². The SMILES string of the molecule is Cc1c[nH]c2ncc(-c3cc4c(c([C@@H]5COCCN5)c3)CN(C(=O)C(C)(C)O)CC4)nc12. The first-order valence-electron chi connectivity index (χ1n) is 11.1. The van der Waals surface area contributed by atoms with Crippen LogP contribution in [0.25, 0.3) is 22.4 Å². The van der Waals surface area contributed by atoms with Gasteiger partial charge in [-0.1, -0.05) is 0 Å². The maximum Gasteiger partial charge on any atom is 0.254 e. The fourth-order valence-electron chi connectivity index (χ4n) is 4.64. The highest BCUT2D eigenvalue weighted by molar-refractivity contribution is 5.84. The summed E-state index contributed by atoms with van der Waals surface area (Å²) in [4.78, 5) is 27.1. The van der Waals surface area contributed by atoms with Gasteiger partial charge in [-0.2, -0.15) is 0 Å². The number of aliphatic hydroxyl groups is 1. The second-order valence-corrected chi connectivity index (χ2v) is 9.24. The number of H-pyrrole nitrogens is 1. The third-order valence-corrected chi connectivity index (χ3v) is 6.35. The number of benzene rings is 1. The maximum absolute atomic E-state index is 12.8. The maximum atomic E-state index is 12.8. The Kier molecular flexibility index (Phi) is 5.23. The molecule has 8 nitrogen and oxygen atoms in total. The molecular formula is C24H29N5O3. The van der Waals surface area contributed by atoms with Crippen LogP contribution in [-0.2, 0) is 22.5 Å². The summed E-state index contributed by atoms with van der Waals surface area (Å²) in [5, 5.41) is 13.8. The molecule has 2 aromatic heterocycles. The Morgan fingerprint density at radius 3 is 2.94 bits per heavy atom. The molecule has 0 radical (unpaired) electrons. The number of aryl methyl sites for hydroxylation is 1. The monoisotopic (exact) mass is 435 g/mol. The number of aromatic amines is 1. The summed E-state index contributed by atoms with van der Waals surface area (Å²) in [6, 6.07) is 4.37. The molecule has 32 heavy (non-hydrogen) atoms. The van der Waals surface area contributed by atoms with Crippen LogP contribution in [0.2, 0.25) is 0 Å². The molecule has 0 saturated carbocycles. The molecule has 0 unspecified atom stereocenters. The molecule has 3 N–H and O–H groups in total. The van der Waals surface area contributed by atoms with Crippen LogP contribution in [0.4, 0.5) is 0 Å². The lowest BCUT2D eigenvalue weighted by molar-refractivity contribution is -0.148. The van der Waals surface area contributed by atoms with Gasteiger partial charge in [0.25, 0.3) is 5.91 Å². The lowest BCUT2D eigenvalue weighted by Crippen LogP contribution is -2.47. The van der Waals surface area contributed by atoms with Crippen molar-refractivity contribution in [3.05, 3.63) is 46.8 Å². The summed E-state index contributed by atoms with van der Waals surface area (Å²) >= 11 is 0. The molecule has 0 spiro atoms. The summed E-state index contributed by atoms with van der Waals surface area (Å²) in [5.41, 5.74) is 6.65. The van der Waals surface area contributed by atoms with Gasteiger partial charge in [-0.3, -0.25) is 4.79 Å². The fourth-order valence-corrected chi connectivity index (χ4v) is 4.64. The van der Waals surface area contributed by atoms with Gasteiger partial charge in [0, 0.05) is 31.4 Å². The van der Waals surface area contributed by atoms with Gasteiger partial charge in [0.05, 0.1) is 31.1 Å². The molecule has 0 aliphatic carbocycles. The predicted octanol–water partition coefficient (Wildman–Crippen LogP) is 2.25. The highest BCUT2D eigenvalue weighted by Gasteiger charge is 2.33. The molecule has 8 heteroatoms. The van der Waals surface area contributed by atoms with Crippen molar-refractivity contribution in [1.29, 1.82) is 0 Å². The Morgan fingerprint density at radius 2 is 2.19 bits per heavy atom. The second kappa shape index (κ2) is 7.95. The third kappa shape index (κ3) is 3.79. The molecule has 2 aliphatic rings. The lowest BCUT2D eigenvalue weighted by atomic mass is 9.87. The molecule has 168 valence electrons. The van der Waals surface area contributed by atoms with E-state index in [2.05, 4.69) is 27.4 Å². The number of hydrogen-bond acceptors (Lipinski definition) is 6. The molecular weight excluding hydrogens is 406 g/mol. The van der Waals surface area contributed by atoms with Crippen molar-refractivity contribution in [2.75, 3.05) is 26.3 Å². The quantitative estimate of drug-likeness (QED) is 0.583. The van der Waals surface area contributed by atoms with E-state index in [1.54, 1.807) is 18.7 Å². The van der Waals surface area contributed by atoms with Crippen LogP contribution in [-0.4, -0.2) is 62.8 Å². The van der Waals surface area contributed by atoms with E-state index in [-0.39, 0.29) is 11.9 Å². The average molecular weight is 436 g/mol. The minimum Gasteiger partial charge on any atom is -0.381 e. The lowest BCUT2D eigenvalue weighted by Gasteiger charge is -2.36. The number of fused-ring (bicyclic) bond motifs is 2.